The molecule has 0 radical (unpaired) electrons. The largest absolute Gasteiger partial charge is 0.397 e. The third-order valence-electron chi connectivity index (χ3n) is 5.02. The number of sulfone groups is 1. The number of benzene rings is 3. The number of carbonyl (C=O) groups is 2. The molecule has 0 spiro atoms. The second kappa shape index (κ2) is 7.27. The third kappa shape index (κ3) is 3.16. The first kappa shape index (κ1) is 20.1. The molecule has 4 rings (SSSR count). The number of nitrogens with two attached hydrogens (primary N) is 1. The lowest BCUT2D eigenvalue weighted by Crippen LogP contribution is -2.25. The maximum Gasteiger partial charge on any atom is 0.196 e. The maximum absolute atomic E-state index is 13.3. The van der Waals surface area contributed by atoms with E-state index in [9.17, 15) is 18.0 Å². The molecule has 0 unspecified atom stereocenters. The van der Waals surface area contributed by atoms with Crippen LogP contribution < -0.4 is 11.1 Å². The fourth-order valence-electron chi connectivity index (χ4n) is 3.53. The van der Waals surface area contributed by atoms with Gasteiger partial charge in [-0.25, -0.2) is 8.42 Å². The van der Waals surface area contributed by atoms with Gasteiger partial charge in [0.2, 0.25) is 0 Å². The van der Waals surface area contributed by atoms with Crippen LogP contribution in [-0.2, 0) is 9.84 Å². The van der Waals surface area contributed by atoms with Crippen molar-refractivity contribution in [1.29, 1.82) is 0 Å². The Hall–Kier alpha value is -3.16. The third-order valence-corrected chi connectivity index (χ3v) is 7.02. The van der Waals surface area contributed by atoms with Crippen molar-refractivity contribution in [3.8, 4) is 0 Å². The molecule has 0 heterocycles. The van der Waals surface area contributed by atoms with E-state index in [1.165, 1.54) is 19.1 Å². The van der Waals surface area contributed by atoms with Crippen LogP contribution in [0.5, 0.6) is 0 Å². The first-order chi connectivity index (χ1) is 14.2. The number of carbonyl (C=O) groups excluding carboxylic acids is 2. The summed E-state index contributed by atoms with van der Waals surface area (Å²) in [5, 5.41) is 3.50. The zero-order valence-corrected chi connectivity index (χ0v) is 17.5. The molecule has 0 bridgehead atoms. The van der Waals surface area contributed by atoms with Crippen molar-refractivity contribution in [2.45, 2.75) is 11.8 Å². The fourth-order valence-corrected chi connectivity index (χ4v) is 4.76. The van der Waals surface area contributed by atoms with Crippen LogP contribution in [0.1, 0.15) is 38.8 Å². The molecule has 30 heavy (non-hydrogen) atoms. The Balaban J connectivity index is 2.04. The van der Waals surface area contributed by atoms with Crippen molar-refractivity contribution in [2.75, 3.05) is 16.8 Å². The molecule has 0 saturated heterocycles. The first-order valence-electron chi connectivity index (χ1n) is 9.15. The highest BCUT2D eigenvalue weighted by Crippen LogP contribution is 2.40. The van der Waals surface area contributed by atoms with E-state index in [2.05, 4.69) is 5.32 Å². The van der Waals surface area contributed by atoms with Gasteiger partial charge in [0.05, 0.1) is 33.2 Å². The molecular formula is C22H17ClN2O4S. The summed E-state index contributed by atoms with van der Waals surface area (Å²) in [4.78, 5) is 26.3. The highest BCUT2D eigenvalue weighted by Gasteiger charge is 2.36. The van der Waals surface area contributed by atoms with Gasteiger partial charge in [-0.15, -0.1) is 0 Å². The van der Waals surface area contributed by atoms with Crippen molar-refractivity contribution < 1.29 is 18.0 Å². The van der Waals surface area contributed by atoms with E-state index in [0.29, 0.717) is 10.7 Å². The fraction of sp³-hybridized carbons (Fsp3) is 0.0909. The number of nitrogens with one attached hydrogen (secondary N) is 1. The summed E-state index contributed by atoms with van der Waals surface area (Å²) in [5.74, 6) is -1.09. The van der Waals surface area contributed by atoms with E-state index in [1.807, 2.05) is 0 Å². The molecule has 0 fully saturated rings. The Kier molecular flexibility index (Phi) is 4.88. The lowest BCUT2D eigenvalue weighted by molar-refractivity contribution is 0.0980. The molecule has 152 valence electrons. The van der Waals surface area contributed by atoms with Gasteiger partial charge >= 0.3 is 0 Å². The predicted octanol–water partition coefficient (Wildman–Crippen LogP) is 4.23. The number of anilines is 3. The van der Waals surface area contributed by atoms with Crippen molar-refractivity contribution >= 4 is 50.1 Å². The van der Waals surface area contributed by atoms with Gasteiger partial charge in [0.1, 0.15) is 0 Å². The highest BCUT2D eigenvalue weighted by atomic mass is 35.5. The van der Waals surface area contributed by atoms with Crippen LogP contribution in [0.15, 0.2) is 59.5 Å². The molecule has 0 amide bonds. The molecule has 0 saturated carbocycles. The average molecular weight is 441 g/mol. The second-order valence-corrected chi connectivity index (χ2v) is 9.51. The number of fused-ring (bicyclic) bond motifs is 2. The minimum absolute atomic E-state index is 0.0474. The smallest absolute Gasteiger partial charge is 0.196 e. The minimum Gasteiger partial charge on any atom is -0.397 e. The maximum atomic E-state index is 13.3. The molecule has 3 aromatic carbocycles. The number of ketones is 2. The summed E-state index contributed by atoms with van der Waals surface area (Å²) in [5.41, 5.74) is 7.06. The molecule has 8 heteroatoms. The molecule has 0 aliphatic heterocycles. The zero-order valence-electron chi connectivity index (χ0n) is 15.9. The average Bonchev–Trinajstić information content (AvgIpc) is 2.73. The van der Waals surface area contributed by atoms with Gasteiger partial charge in [0, 0.05) is 21.8 Å². The molecule has 0 atom stereocenters. The van der Waals surface area contributed by atoms with E-state index >= 15 is 0 Å². The Bertz CT molecular complexity index is 1330. The Labute approximate surface area is 178 Å². The zero-order chi connectivity index (χ0) is 21.6. The Morgan fingerprint density at radius 2 is 1.57 bits per heavy atom. The van der Waals surface area contributed by atoms with Crippen LogP contribution in [-0.4, -0.2) is 25.7 Å². The lowest BCUT2D eigenvalue weighted by Gasteiger charge is -2.24. The summed E-state index contributed by atoms with van der Waals surface area (Å²) >= 11 is 6.05. The van der Waals surface area contributed by atoms with Gasteiger partial charge < -0.3 is 11.1 Å². The number of hydrogen-bond acceptors (Lipinski definition) is 6. The SMILES string of the molecule is CCS(=O)(=O)c1cc(Nc2cccc(Cl)c2)c2c(c1N)C(=O)c1ccccc1C2=O. The molecule has 0 aromatic heterocycles. The standard InChI is InChI=1S/C22H17ClN2O4S/c1-2-30(28,29)17-11-16(25-13-7-5-6-12(23)10-13)18-19(20(17)24)22(27)15-9-4-3-8-14(15)21(18)26/h3-11,25H,2,24H2,1H3. The van der Waals surface area contributed by atoms with E-state index in [-0.39, 0.29) is 44.3 Å². The summed E-state index contributed by atoms with van der Waals surface area (Å²) in [7, 11) is -3.76. The summed E-state index contributed by atoms with van der Waals surface area (Å²) < 4.78 is 25.3. The number of rotatable bonds is 4. The summed E-state index contributed by atoms with van der Waals surface area (Å²) in [6.45, 7) is 1.49. The molecule has 3 N–H and O–H groups in total. The van der Waals surface area contributed by atoms with Gasteiger partial charge in [0.15, 0.2) is 21.4 Å². The topological polar surface area (TPSA) is 106 Å². The molecule has 1 aliphatic rings. The van der Waals surface area contributed by atoms with E-state index < -0.39 is 21.4 Å². The highest BCUT2D eigenvalue weighted by molar-refractivity contribution is 7.91. The minimum atomic E-state index is -3.76. The number of hydrogen-bond donors (Lipinski definition) is 2. The summed E-state index contributed by atoms with van der Waals surface area (Å²) in [6, 6.07) is 14.4. The van der Waals surface area contributed by atoms with Crippen molar-refractivity contribution in [3.05, 3.63) is 81.9 Å². The van der Waals surface area contributed by atoms with Crippen molar-refractivity contribution in [3.63, 3.8) is 0 Å². The van der Waals surface area contributed by atoms with Gasteiger partial charge in [-0.05, 0) is 24.3 Å². The second-order valence-electron chi connectivity index (χ2n) is 6.83. The van der Waals surface area contributed by atoms with Gasteiger partial charge in [-0.2, -0.15) is 0 Å². The first-order valence-corrected chi connectivity index (χ1v) is 11.2. The van der Waals surface area contributed by atoms with Crippen LogP contribution in [0, 0.1) is 0 Å². The predicted molar refractivity (Wildman–Crippen MR) is 117 cm³/mol. The van der Waals surface area contributed by atoms with E-state index in [1.54, 1.807) is 42.5 Å². The lowest BCUT2D eigenvalue weighted by atomic mass is 9.82. The van der Waals surface area contributed by atoms with E-state index in [4.69, 9.17) is 17.3 Å². The molecule has 6 nitrogen and oxygen atoms in total. The van der Waals surface area contributed by atoms with Crippen molar-refractivity contribution in [1.82, 2.24) is 0 Å². The van der Waals surface area contributed by atoms with Crippen molar-refractivity contribution in [2.24, 2.45) is 0 Å². The Morgan fingerprint density at radius 3 is 2.17 bits per heavy atom. The monoisotopic (exact) mass is 440 g/mol. The Morgan fingerprint density at radius 1 is 0.933 bits per heavy atom. The van der Waals surface area contributed by atoms with Crippen LogP contribution in [0.25, 0.3) is 0 Å². The molecule has 1 aliphatic carbocycles. The van der Waals surface area contributed by atoms with Gasteiger partial charge in [-0.1, -0.05) is 48.9 Å². The normalized spacial score (nSPS) is 13.0. The number of nitrogen functional groups attached to an aromatic ring is 1. The van der Waals surface area contributed by atoms with Crippen LogP contribution in [0.2, 0.25) is 5.02 Å². The molecular weight excluding hydrogens is 424 g/mol. The quantitative estimate of drug-likeness (QED) is 0.460. The summed E-state index contributed by atoms with van der Waals surface area (Å²) in [6.07, 6.45) is 0. The van der Waals surface area contributed by atoms with Crippen LogP contribution >= 0.6 is 11.6 Å². The number of halogens is 1. The van der Waals surface area contributed by atoms with Crippen LogP contribution in [0.4, 0.5) is 17.1 Å². The van der Waals surface area contributed by atoms with Gasteiger partial charge in [0.25, 0.3) is 0 Å². The van der Waals surface area contributed by atoms with Gasteiger partial charge in [-0.3, -0.25) is 9.59 Å². The molecule has 3 aromatic rings. The van der Waals surface area contributed by atoms with Crippen LogP contribution in [0.3, 0.4) is 0 Å². The van der Waals surface area contributed by atoms with E-state index in [0.717, 1.165) is 0 Å².